The van der Waals surface area contributed by atoms with Gasteiger partial charge in [0.1, 0.15) is 0 Å². The predicted molar refractivity (Wildman–Crippen MR) is 74.3 cm³/mol. The van der Waals surface area contributed by atoms with Crippen molar-refractivity contribution in [2.45, 2.75) is 0 Å². The molecule has 0 rings (SSSR count). The zero-order valence-corrected chi connectivity index (χ0v) is 23.1. The fraction of sp³-hybridized carbons (Fsp3) is 0. The summed E-state index contributed by atoms with van der Waals surface area (Å²) in [6.45, 7) is 0. The third-order valence-electron chi connectivity index (χ3n) is 0. The van der Waals surface area contributed by atoms with Crippen LogP contribution in [0.5, 0.6) is 0 Å². The van der Waals surface area contributed by atoms with Crippen molar-refractivity contribution >= 4 is 138 Å². The van der Waals surface area contributed by atoms with E-state index in [1.165, 1.54) is 0 Å². The molecule has 0 aromatic rings. The Hall–Kier alpha value is 3.88. The van der Waals surface area contributed by atoms with Crippen LogP contribution in [0.1, 0.15) is 0 Å². The molecule has 0 bridgehead atoms. The minimum absolute atomic E-state index is 0. The molecule has 20 N–H and O–H groups in total. The molecule has 0 amide bonds. The summed E-state index contributed by atoms with van der Waals surface area (Å²) in [6.07, 6.45) is 0. The molecule has 0 aromatic carbocycles. The van der Waals surface area contributed by atoms with Gasteiger partial charge in [-0.1, -0.05) is 0 Å². The first-order chi connectivity index (χ1) is 4.00. The molecule has 8 nitrogen and oxygen atoms in total. The van der Waals surface area contributed by atoms with E-state index in [0.717, 1.165) is 0 Å². The van der Waals surface area contributed by atoms with Crippen LogP contribution >= 0.6 is 0 Å². The second kappa shape index (κ2) is 401. The summed E-state index contributed by atoms with van der Waals surface area (Å²) in [4.78, 5) is 0. The summed E-state index contributed by atoms with van der Waals surface area (Å²) in [5, 5.41) is 0. The molecule has 16 radical (unpaired) electrons. The minimum atomic E-state index is 0. The first-order valence-corrected chi connectivity index (χ1v) is 1.63. The topological polar surface area (TPSA) is 215 Å². The predicted octanol–water partition coefficient (Wildman–Crippen LogP) is -10.6. The van der Waals surface area contributed by atoms with Gasteiger partial charge in [0.05, 0.1) is 0 Å². The molecule has 0 saturated heterocycles. The fourth-order valence-corrected chi connectivity index (χ4v) is 0. The minimum Gasteiger partial charge on any atom is -1.00 e. The smallest absolute Gasteiger partial charge is 0 e. The van der Waals surface area contributed by atoms with Crippen molar-refractivity contribution in [3.05, 3.63) is 0 Å². The maximum Gasteiger partial charge on any atom is 0 e. The van der Waals surface area contributed by atoms with Crippen LogP contribution in [0.4, 0.5) is 0 Å². The number of hydrogen-bond acceptors (Lipinski definition) is 4. The summed E-state index contributed by atoms with van der Waals surface area (Å²) >= 11 is 0. The summed E-state index contributed by atoms with van der Waals surface area (Å²) in [5.41, 5.74) is 0. The molecule has 0 spiro atoms. The van der Waals surface area contributed by atoms with Crippen LogP contribution in [-0.2, 0) is 0 Å². The molecule has 0 aliphatic rings. The number of hydrogen-bond donors (Lipinski definition) is 8. The SMILES string of the molecule is N[NH3+].N[NH3+].N[NH3+].N[NH3+].[Ge].[Ge].[Se-].[Se-].[Se-].[Se-].[Se].[Se]. The van der Waals surface area contributed by atoms with Crippen molar-refractivity contribution < 1.29 is 23.4 Å². The van der Waals surface area contributed by atoms with Gasteiger partial charge in [0.25, 0.3) is 0 Å². The Labute approximate surface area is 182 Å². The summed E-state index contributed by atoms with van der Waals surface area (Å²) in [5.74, 6) is 28.0. The largest absolute Gasteiger partial charge is 1.00 e. The Morgan fingerprint density at radius 3 is 0.375 bits per heavy atom. The molecule has 0 atom stereocenters. The molecule has 0 heterocycles. The Bertz CT molecular complexity index is 22.5. The van der Waals surface area contributed by atoms with E-state index < -0.39 is 0 Å². The molecule has 0 unspecified atom stereocenters. The van der Waals surface area contributed by atoms with Crippen LogP contribution in [0.2, 0.25) is 0 Å². The number of rotatable bonds is 0. The van der Waals surface area contributed by atoms with Gasteiger partial charge in [-0.25, -0.2) is 0 Å². The van der Waals surface area contributed by atoms with Crippen molar-refractivity contribution in [1.82, 2.24) is 0 Å². The zero-order chi connectivity index (χ0) is 8.00. The quantitative estimate of drug-likeness (QED) is 0.0688. The fourth-order valence-electron chi connectivity index (χ4n) is 0. The third kappa shape index (κ3) is 338. The van der Waals surface area contributed by atoms with Crippen LogP contribution in [0.3, 0.4) is 0 Å². The Kier molecular flexibility index (Phi) is 2860. The van der Waals surface area contributed by atoms with E-state index in [1.54, 1.807) is 0 Å². The molecule has 104 valence electrons. The second-order valence-corrected chi connectivity index (χ2v) is 0. The van der Waals surface area contributed by atoms with Gasteiger partial charge in [0.2, 0.25) is 0 Å². The van der Waals surface area contributed by atoms with Crippen molar-refractivity contribution in [2.24, 2.45) is 23.4 Å². The first-order valence-electron chi connectivity index (χ1n) is 1.63. The van der Waals surface area contributed by atoms with E-state index in [9.17, 15) is 0 Å². The molecule has 16 heteroatoms. The molecule has 0 aromatic heterocycles. The molecule has 0 aliphatic heterocycles. The standard InChI is InChI=1S/2Ge.4H4N2.6Se/c;;4*1-2;;;;;;/h;;4*1-2H2;;;;;;/q;;;;;;;;4*-1/p+4. The van der Waals surface area contributed by atoms with Crippen molar-refractivity contribution in [3.63, 3.8) is 0 Å². The van der Waals surface area contributed by atoms with E-state index in [2.05, 4.69) is 46.7 Å². The molecule has 16 heavy (non-hydrogen) atoms. The van der Waals surface area contributed by atoms with Gasteiger partial charge in [-0.2, -0.15) is 23.4 Å². The van der Waals surface area contributed by atoms with Crippen molar-refractivity contribution in [3.8, 4) is 0 Å². The van der Waals surface area contributed by atoms with Gasteiger partial charge in [-0.05, 0) is 0 Å². The molecule has 0 fully saturated rings. The van der Waals surface area contributed by atoms with E-state index >= 15 is 0 Å². The monoisotopic (exact) mass is 760 g/mol. The van der Waals surface area contributed by atoms with Crippen molar-refractivity contribution in [1.29, 1.82) is 0 Å². The first kappa shape index (κ1) is 114. The van der Waals surface area contributed by atoms with Gasteiger partial charge in [0.15, 0.2) is 0 Å². The molecular formula is H20Ge2N8Se6. The van der Waals surface area contributed by atoms with Gasteiger partial charge < -0.3 is 68.3 Å². The Morgan fingerprint density at radius 2 is 0.375 bits per heavy atom. The van der Waals surface area contributed by atoms with Crippen LogP contribution in [0.25, 0.3) is 0 Å². The van der Waals surface area contributed by atoms with E-state index in [4.69, 9.17) is 0 Å². The Morgan fingerprint density at radius 1 is 0.375 bits per heavy atom. The van der Waals surface area contributed by atoms with Crippen LogP contribution in [-0.4, -0.2) is 138 Å². The van der Waals surface area contributed by atoms with Crippen LogP contribution in [0, 0.1) is 0 Å². The molecule has 0 saturated carbocycles. The van der Waals surface area contributed by atoms with Crippen molar-refractivity contribution in [2.75, 3.05) is 0 Å². The van der Waals surface area contributed by atoms with Crippen LogP contribution < -0.4 is 46.7 Å². The maximum absolute atomic E-state index is 4.25. The van der Waals surface area contributed by atoms with Gasteiger partial charge in [-0.3, -0.25) is 23.4 Å². The van der Waals surface area contributed by atoms with Gasteiger partial charge in [-0.15, -0.1) is 0 Å². The normalized spacial score (nSPS) is 1.50. The summed E-state index contributed by atoms with van der Waals surface area (Å²) in [7, 11) is 0. The second-order valence-electron chi connectivity index (χ2n) is 0. The molecule has 0 aliphatic carbocycles. The van der Waals surface area contributed by atoms with Gasteiger partial charge >= 0.3 is 0 Å². The zero-order valence-electron chi connectivity index (χ0n) is 8.59. The van der Waals surface area contributed by atoms with E-state index in [-0.39, 0.29) is 138 Å². The summed E-state index contributed by atoms with van der Waals surface area (Å²) in [6, 6.07) is 0. The van der Waals surface area contributed by atoms with Crippen LogP contribution in [0.15, 0.2) is 0 Å². The molecular weight excluding hydrogens is 731 g/mol. The van der Waals surface area contributed by atoms with Gasteiger partial charge in [0, 0.05) is 69.3 Å². The number of nitrogens with two attached hydrogens (primary N) is 4. The number of quaternary nitrogens is 4. The van der Waals surface area contributed by atoms with E-state index in [1.807, 2.05) is 0 Å². The maximum atomic E-state index is 4.25. The van der Waals surface area contributed by atoms with E-state index in [0.29, 0.717) is 0 Å². The third-order valence-corrected chi connectivity index (χ3v) is 0. The average molecular weight is 751 g/mol. The average Bonchev–Trinajstić information content (AvgIpc) is 2.03. The summed E-state index contributed by atoms with van der Waals surface area (Å²) < 4.78 is 0. The Balaban J connectivity index is -0.00000000114.